The number of anilines is 1. The van der Waals surface area contributed by atoms with Crippen LogP contribution in [-0.4, -0.2) is 22.1 Å². The zero-order valence-corrected chi connectivity index (χ0v) is 11.8. The van der Waals surface area contributed by atoms with Crippen LogP contribution in [0.15, 0.2) is 12.1 Å². The number of nitrogens with one attached hydrogen (secondary N) is 1. The quantitative estimate of drug-likeness (QED) is 0.778. The lowest BCUT2D eigenvalue weighted by atomic mass is 9.94. The van der Waals surface area contributed by atoms with Gasteiger partial charge in [-0.15, -0.1) is 0 Å². The largest absolute Gasteiger partial charge is 0.481 e. The summed E-state index contributed by atoms with van der Waals surface area (Å²) in [7, 11) is 0. The number of aliphatic hydroxyl groups is 1. The lowest BCUT2D eigenvalue weighted by Gasteiger charge is -2.17. The lowest BCUT2D eigenvalue weighted by molar-refractivity contribution is -0.138. The standard InChI is InChI=1S/C14H16ClNO4/c1-7(3-14(19)20)2-12(17)9-4-8-5-13(18)16-11(8)6-10(9)15/h4,6-7,12,17H,2-3,5H2,1H3,(H,16,18)(H,19,20). The number of benzene rings is 1. The summed E-state index contributed by atoms with van der Waals surface area (Å²) in [6.45, 7) is 1.77. The fourth-order valence-corrected chi connectivity index (χ4v) is 2.70. The van der Waals surface area contributed by atoms with Crippen LogP contribution in [0.3, 0.4) is 0 Å². The zero-order chi connectivity index (χ0) is 14.9. The van der Waals surface area contributed by atoms with E-state index in [0.29, 0.717) is 22.7 Å². The number of carbonyl (C=O) groups is 2. The number of carbonyl (C=O) groups excluding carboxylic acids is 1. The first-order chi connectivity index (χ1) is 9.36. The van der Waals surface area contributed by atoms with Gasteiger partial charge < -0.3 is 15.5 Å². The van der Waals surface area contributed by atoms with Gasteiger partial charge in [-0.1, -0.05) is 18.5 Å². The van der Waals surface area contributed by atoms with Crippen molar-refractivity contribution >= 4 is 29.2 Å². The summed E-state index contributed by atoms with van der Waals surface area (Å²) < 4.78 is 0. The number of rotatable bonds is 5. The third-order valence-electron chi connectivity index (χ3n) is 3.36. The Balaban J connectivity index is 2.14. The molecule has 0 aliphatic carbocycles. The summed E-state index contributed by atoms with van der Waals surface area (Å²) in [5.41, 5.74) is 2.02. The van der Waals surface area contributed by atoms with E-state index in [-0.39, 0.29) is 24.7 Å². The highest BCUT2D eigenvalue weighted by Crippen LogP contribution is 2.35. The molecule has 2 unspecified atom stereocenters. The summed E-state index contributed by atoms with van der Waals surface area (Å²) in [6.07, 6.45) is -0.249. The van der Waals surface area contributed by atoms with Crippen molar-refractivity contribution in [2.75, 3.05) is 5.32 Å². The minimum atomic E-state index is -0.889. The molecule has 0 aromatic heterocycles. The molecule has 2 rings (SSSR count). The van der Waals surface area contributed by atoms with Crippen LogP contribution in [0, 0.1) is 5.92 Å². The summed E-state index contributed by atoms with van der Waals surface area (Å²) in [5.74, 6) is -1.15. The Morgan fingerprint density at radius 1 is 1.50 bits per heavy atom. The highest BCUT2D eigenvalue weighted by Gasteiger charge is 2.23. The van der Waals surface area contributed by atoms with Crippen LogP contribution >= 0.6 is 11.6 Å². The van der Waals surface area contributed by atoms with Crippen molar-refractivity contribution in [1.29, 1.82) is 0 Å². The van der Waals surface area contributed by atoms with Gasteiger partial charge >= 0.3 is 5.97 Å². The van der Waals surface area contributed by atoms with Crippen LogP contribution in [-0.2, 0) is 16.0 Å². The van der Waals surface area contributed by atoms with E-state index in [1.807, 2.05) is 0 Å². The molecule has 1 aromatic rings. The average Bonchev–Trinajstić information content (AvgIpc) is 2.65. The Morgan fingerprint density at radius 2 is 2.20 bits per heavy atom. The second-order valence-corrected chi connectivity index (χ2v) is 5.62. The maximum Gasteiger partial charge on any atom is 0.303 e. The molecule has 0 saturated heterocycles. The topological polar surface area (TPSA) is 86.6 Å². The molecule has 1 heterocycles. The van der Waals surface area contributed by atoms with Crippen molar-refractivity contribution in [3.8, 4) is 0 Å². The second kappa shape index (κ2) is 5.81. The van der Waals surface area contributed by atoms with Crippen molar-refractivity contribution in [2.45, 2.75) is 32.3 Å². The molecule has 5 nitrogen and oxygen atoms in total. The fourth-order valence-electron chi connectivity index (χ4n) is 2.41. The Kier molecular flexibility index (Phi) is 4.30. The number of amides is 1. The van der Waals surface area contributed by atoms with Crippen molar-refractivity contribution < 1.29 is 19.8 Å². The van der Waals surface area contributed by atoms with Gasteiger partial charge in [0.05, 0.1) is 12.5 Å². The first-order valence-electron chi connectivity index (χ1n) is 6.39. The number of carboxylic acids is 1. The Morgan fingerprint density at radius 3 is 2.85 bits per heavy atom. The Labute approximate surface area is 121 Å². The predicted octanol–water partition coefficient (Wildman–Crippen LogP) is 2.37. The summed E-state index contributed by atoms with van der Waals surface area (Å²) in [4.78, 5) is 21.9. The highest BCUT2D eigenvalue weighted by molar-refractivity contribution is 6.32. The minimum absolute atomic E-state index is 0.000336. The zero-order valence-electron chi connectivity index (χ0n) is 11.0. The number of aliphatic hydroxyl groups excluding tert-OH is 1. The number of halogens is 1. The van der Waals surface area contributed by atoms with E-state index >= 15 is 0 Å². The van der Waals surface area contributed by atoms with Crippen LogP contribution in [0.4, 0.5) is 5.69 Å². The molecular formula is C14H16ClNO4. The number of hydrogen-bond acceptors (Lipinski definition) is 3. The van der Waals surface area contributed by atoms with Gasteiger partial charge in [0.2, 0.25) is 5.91 Å². The van der Waals surface area contributed by atoms with Crippen LogP contribution in [0.5, 0.6) is 0 Å². The van der Waals surface area contributed by atoms with Gasteiger partial charge in [0.25, 0.3) is 0 Å². The van der Waals surface area contributed by atoms with E-state index in [9.17, 15) is 14.7 Å². The Bertz CT molecular complexity index is 558. The SMILES string of the molecule is CC(CC(=O)O)CC(O)c1cc2c(cc1Cl)NC(=O)C2. The summed E-state index contributed by atoms with van der Waals surface area (Å²) in [6, 6.07) is 3.34. The van der Waals surface area contributed by atoms with E-state index in [1.165, 1.54) is 0 Å². The third-order valence-corrected chi connectivity index (χ3v) is 3.68. The van der Waals surface area contributed by atoms with Crippen LogP contribution in [0.2, 0.25) is 5.02 Å². The molecule has 0 spiro atoms. The van der Waals surface area contributed by atoms with Crippen molar-refractivity contribution in [2.24, 2.45) is 5.92 Å². The highest BCUT2D eigenvalue weighted by atomic mass is 35.5. The van der Waals surface area contributed by atoms with Crippen LogP contribution < -0.4 is 5.32 Å². The van der Waals surface area contributed by atoms with Crippen molar-refractivity contribution in [1.82, 2.24) is 0 Å². The molecule has 1 aliphatic heterocycles. The molecule has 1 aliphatic rings. The van der Waals surface area contributed by atoms with Crippen molar-refractivity contribution in [3.05, 3.63) is 28.3 Å². The molecular weight excluding hydrogens is 282 g/mol. The fraction of sp³-hybridized carbons (Fsp3) is 0.429. The maximum absolute atomic E-state index is 11.3. The predicted molar refractivity (Wildman–Crippen MR) is 74.8 cm³/mol. The third kappa shape index (κ3) is 3.29. The molecule has 3 N–H and O–H groups in total. The molecule has 6 heteroatoms. The Hall–Kier alpha value is -1.59. The molecule has 20 heavy (non-hydrogen) atoms. The molecule has 0 saturated carbocycles. The number of aliphatic carboxylic acids is 1. The van der Waals surface area contributed by atoms with Crippen LogP contribution in [0.25, 0.3) is 0 Å². The number of hydrogen-bond donors (Lipinski definition) is 3. The van der Waals surface area contributed by atoms with E-state index in [0.717, 1.165) is 5.56 Å². The minimum Gasteiger partial charge on any atom is -0.481 e. The van der Waals surface area contributed by atoms with E-state index < -0.39 is 12.1 Å². The van der Waals surface area contributed by atoms with Gasteiger partial charge in [-0.3, -0.25) is 9.59 Å². The molecule has 0 fully saturated rings. The normalized spacial score (nSPS) is 16.4. The van der Waals surface area contributed by atoms with E-state index in [1.54, 1.807) is 19.1 Å². The molecule has 0 bridgehead atoms. The monoisotopic (exact) mass is 297 g/mol. The molecule has 2 atom stereocenters. The van der Waals surface area contributed by atoms with Gasteiger partial charge in [-0.25, -0.2) is 0 Å². The molecule has 1 aromatic carbocycles. The second-order valence-electron chi connectivity index (χ2n) is 5.21. The summed E-state index contributed by atoms with van der Waals surface area (Å²) >= 11 is 6.11. The molecule has 1 amide bonds. The number of carboxylic acid groups (broad SMARTS) is 1. The lowest BCUT2D eigenvalue weighted by Crippen LogP contribution is -2.09. The van der Waals surface area contributed by atoms with E-state index in [4.69, 9.17) is 16.7 Å². The van der Waals surface area contributed by atoms with Crippen molar-refractivity contribution in [3.63, 3.8) is 0 Å². The van der Waals surface area contributed by atoms with Gasteiger partial charge in [-0.2, -0.15) is 0 Å². The maximum atomic E-state index is 11.3. The average molecular weight is 298 g/mol. The first-order valence-corrected chi connectivity index (χ1v) is 6.76. The summed E-state index contributed by atoms with van der Waals surface area (Å²) in [5, 5.41) is 22.0. The van der Waals surface area contributed by atoms with Gasteiger partial charge in [0.1, 0.15) is 0 Å². The smallest absolute Gasteiger partial charge is 0.303 e. The molecule has 0 radical (unpaired) electrons. The molecule has 108 valence electrons. The van der Waals surface area contributed by atoms with Gasteiger partial charge in [0, 0.05) is 17.1 Å². The van der Waals surface area contributed by atoms with Gasteiger partial charge in [0.15, 0.2) is 0 Å². The number of fused-ring (bicyclic) bond motifs is 1. The van der Waals surface area contributed by atoms with Crippen LogP contribution in [0.1, 0.15) is 37.0 Å². The van der Waals surface area contributed by atoms with Gasteiger partial charge in [-0.05, 0) is 35.6 Å². The first kappa shape index (κ1) is 14.8. The van der Waals surface area contributed by atoms with E-state index in [2.05, 4.69) is 5.32 Å².